The summed E-state index contributed by atoms with van der Waals surface area (Å²) < 4.78 is 0. The maximum atomic E-state index is 12.5. The molecular formula is C25H28N4O3. The summed E-state index contributed by atoms with van der Waals surface area (Å²) in [5.74, 6) is -0.170. The molecule has 7 heteroatoms. The van der Waals surface area contributed by atoms with Crippen molar-refractivity contribution >= 4 is 29.1 Å². The number of anilines is 1. The second-order valence-corrected chi connectivity index (χ2v) is 8.13. The van der Waals surface area contributed by atoms with Gasteiger partial charge in [-0.25, -0.2) is 5.01 Å². The Morgan fingerprint density at radius 3 is 2.59 bits per heavy atom. The molecule has 0 aromatic heterocycles. The van der Waals surface area contributed by atoms with Gasteiger partial charge in [0.15, 0.2) is 0 Å². The molecule has 0 spiro atoms. The van der Waals surface area contributed by atoms with E-state index in [9.17, 15) is 14.4 Å². The Bertz CT molecular complexity index is 1020. The van der Waals surface area contributed by atoms with Crippen molar-refractivity contribution in [1.29, 1.82) is 0 Å². The highest BCUT2D eigenvalue weighted by Gasteiger charge is 2.22. The van der Waals surface area contributed by atoms with Gasteiger partial charge in [-0.3, -0.25) is 14.4 Å². The van der Waals surface area contributed by atoms with Crippen LogP contribution in [0.4, 0.5) is 5.69 Å². The Kier molecular flexibility index (Phi) is 6.94. The smallest absolute Gasteiger partial charge is 0.243 e. The van der Waals surface area contributed by atoms with Gasteiger partial charge in [-0.15, -0.1) is 0 Å². The van der Waals surface area contributed by atoms with Crippen LogP contribution < -0.4 is 10.2 Å². The van der Waals surface area contributed by atoms with E-state index in [0.717, 1.165) is 48.3 Å². The van der Waals surface area contributed by atoms with Gasteiger partial charge in [-0.2, -0.15) is 5.10 Å². The first-order valence-electron chi connectivity index (χ1n) is 11.2. The number of piperidine rings is 1. The number of benzene rings is 2. The molecule has 7 nitrogen and oxygen atoms in total. The molecule has 2 aliphatic heterocycles. The molecule has 0 bridgehead atoms. The Morgan fingerprint density at radius 1 is 0.938 bits per heavy atom. The van der Waals surface area contributed by atoms with Crippen LogP contribution in [0, 0.1) is 0 Å². The van der Waals surface area contributed by atoms with Crippen LogP contribution in [0.15, 0.2) is 59.7 Å². The van der Waals surface area contributed by atoms with E-state index in [0.29, 0.717) is 19.5 Å². The molecule has 166 valence electrons. The molecule has 1 N–H and O–H groups in total. The number of nitrogens with one attached hydrogen (secondary N) is 1. The Balaban J connectivity index is 1.24. The van der Waals surface area contributed by atoms with Crippen LogP contribution in [0.3, 0.4) is 0 Å². The van der Waals surface area contributed by atoms with E-state index in [1.54, 1.807) is 0 Å². The van der Waals surface area contributed by atoms with Crippen LogP contribution in [0.1, 0.15) is 49.7 Å². The predicted octanol–water partition coefficient (Wildman–Crippen LogP) is 3.24. The monoisotopic (exact) mass is 432 g/mol. The minimum atomic E-state index is -0.177. The zero-order valence-corrected chi connectivity index (χ0v) is 18.1. The second-order valence-electron chi connectivity index (χ2n) is 8.13. The largest absolute Gasteiger partial charge is 0.352 e. The Hall–Kier alpha value is -3.48. The lowest BCUT2D eigenvalue weighted by Gasteiger charge is -2.27. The number of hydrazone groups is 1. The summed E-state index contributed by atoms with van der Waals surface area (Å²) >= 11 is 0. The van der Waals surface area contributed by atoms with Crippen molar-refractivity contribution in [3.63, 3.8) is 0 Å². The molecular weight excluding hydrogens is 404 g/mol. The molecule has 0 unspecified atom stereocenters. The lowest BCUT2D eigenvalue weighted by Crippen LogP contribution is -2.35. The number of carbonyl (C=O) groups is 3. The fraction of sp³-hybridized carbons (Fsp3) is 0.360. The average molecular weight is 433 g/mol. The van der Waals surface area contributed by atoms with Gasteiger partial charge in [0.2, 0.25) is 17.7 Å². The number of carbonyl (C=O) groups excluding carboxylic acids is 3. The van der Waals surface area contributed by atoms with Crippen molar-refractivity contribution in [2.45, 2.75) is 45.1 Å². The van der Waals surface area contributed by atoms with Crippen LogP contribution in [-0.2, 0) is 20.9 Å². The van der Waals surface area contributed by atoms with Crippen molar-refractivity contribution in [2.24, 2.45) is 5.10 Å². The summed E-state index contributed by atoms with van der Waals surface area (Å²) in [5.41, 5.74) is 3.72. The normalized spacial score (nSPS) is 16.1. The van der Waals surface area contributed by atoms with Crippen LogP contribution in [0.5, 0.6) is 0 Å². The lowest BCUT2D eigenvalue weighted by atomic mass is 10.1. The van der Waals surface area contributed by atoms with Crippen LogP contribution in [-0.4, -0.2) is 41.5 Å². The molecule has 2 aromatic rings. The standard InChI is InChI=1S/C25H28N4O3/c30-23(12-13-25(32)29-16-14-22(27-29)20-8-2-1-3-9-20)26-18-19-7-6-10-21(17-19)28-15-5-4-11-24(28)31/h1-3,6-10,17H,4-5,11-16,18H2,(H,26,30). The molecule has 0 radical (unpaired) electrons. The average Bonchev–Trinajstić information content (AvgIpc) is 3.33. The first-order valence-corrected chi connectivity index (χ1v) is 11.2. The van der Waals surface area contributed by atoms with Gasteiger partial charge in [0.1, 0.15) is 0 Å². The molecule has 0 aliphatic carbocycles. The van der Waals surface area contributed by atoms with Crippen molar-refractivity contribution in [3.05, 3.63) is 65.7 Å². The molecule has 2 heterocycles. The van der Waals surface area contributed by atoms with E-state index in [1.807, 2.05) is 59.5 Å². The predicted molar refractivity (Wildman–Crippen MR) is 123 cm³/mol. The maximum absolute atomic E-state index is 12.5. The molecule has 1 saturated heterocycles. The molecule has 3 amide bonds. The van der Waals surface area contributed by atoms with Crippen molar-refractivity contribution in [1.82, 2.24) is 10.3 Å². The summed E-state index contributed by atoms with van der Waals surface area (Å²) in [6, 6.07) is 17.5. The van der Waals surface area contributed by atoms with E-state index in [4.69, 9.17) is 0 Å². The highest BCUT2D eigenvalue weighted by Crippen LogP contribution is 2.22. The highest BCUT2D eigenvalue weighted by atomic mass is 16.2. The molecule has 4 rings (SSSR count). The molecule has 0 saturated carbocycles. The van der Waals surface area contributed by atoms with Crippen LogP contribution in [0.2, 0.25) is 0 Å². The number of nitrogens with zero attached hydrogens (tertiary/aromatic N) is 3. The van der Waals surface area contributed by atoms with Gasteiger partial charge in [0, 0.05) is 44.5 Å². The third-order valence-corrected chi connectivity index (χ3v) is 5.80. The van der Waals surface area contributed by atoms with Gasteiger partial charge in [-0.05, 0) is 36.1 Å². The van der Waals surface area contributed by atoms with Gasteiger partial charge >= 0.3 is 0 Å². The maximum Gasteiger partial charge on any atom is 0.243 e. The molecule has 2 aliphatic rings. The summed E-state index contributed by atoms with van der Waals surface area (Å²) in [7, 11) is 0. The van der Waals surface area contributed by atoms with Gasteiger partial charge < -0.3 is 10.2 Å². The first-order chi connectivity index (χ1) is 15.6. The van der Waals surface area contributed by atoms with E-state index in [1.165, 1.54) is 5.01 Å². The molecule has 1 fully saturated rings. The SMILES string of the molecule is O=C(CCC(=O)N1CCC(c2ccccc2)=N1)NCc1cccc(N2CCCCC2=O)c1. The highest BCUT2D eigenvalue weighted by molar-refractivity contribution is 6.02. The summed E-state index contributed by atoms with van der Waals surface area (Å²) in [4.78, 5) is 38.7. The van der Waals surface area contributed by atoms with E-state index >= 15 is 0 Å². The molecule has 2 aromatic carbocycles. The zero-order chi connectivity index (χ0) is 22.3. The van der Waals surface area contributed by atoms with Gasteiger partial charge in [0.05, 0.1) is 12.3 Å². The third kappa shape index (κ3) is 5.41. The Morgan fingerprint density at radius 2 is 1.78 bits per heavy atom. The summed E-state index contributed by atoms with van der Waals surface area (Å²) in [6.07, 6.45) is 3.50. The quantitative estimate of drug-likeness (QED) is 0.729. The van der Waals surface area contributed by atoms with Gasteiger partial charge in [-0.1, -0.05) is 42.5 Å². The third-order valence-electron chi connectivity index (χ3n) is 5.80. The minimum absolute atomic E-state index is 0.121. The molecule has 0 atom stereocenters. The van der Waals surface area contributed by atoms with Crippen molar-refractivity contribution < 1.29 is 14.4 Å². The van der Waals surface area contributed by atoms with Gasteiger partial charge in [0.25, 0.3) is 0 Å². The first kappa shape index (κ1) is 21.7. The fourth-order valence-corrected chi connectivity index (χ4v) is 4.02. The Labute approximate surface area is 188 Å². The van der Waals surface area contributed by atoms with E-state index in [-0.39, 0.29) is 30.6 Å². The summed E-state index contributed by atoms with van der Waals surface area (Å²) in [6.45, 7) is 1.65. The number of hydrogen-bond acceptors (Lipinski definition) is 4. The second kappa shape index (κ2) is 10.2. The number of amides is 3. The summed E-state index contributed by atoms with van der Waals surface area (Å²) in [5, 5.41) is 8.77. The van der Waals surface area contributed by atoms with E-state index < -0.39 is 0 Å². The van der Waals surface area contributed by atoms with Crippen molar-refractivity contribution in [2.75, 3.05) is 18.0 Å². The molecule has 32 heavy (non-hydrogen) atoms. The topological polar surface area (TPSA) is 82.1 Å². The minimum Gasteiger partial charge on any atom is -0.352 e. The number of rotatable bonds is 7. The van der Waals surface area contributed by atoms with E-state index in [2.05, 4.69) is 10.4 Å². The van der Waals surface area contributed by atoms with Crippen LogP contribution >= 0.6 is 0 Å². The van der Waals surface area contributed by atoms with Crippen LogP contribution in [0.25, 0.3) is 0 Å². The number of hydrogen-bond donors (Lipinski definition) is 1. The fourth-order valence-electron chi connectivity index (χ4n) is 4.02. The van der Waals surface area contributed by atoms with Crippen molar-refractivity contribution in [3.8, 4) is 0 Å². The zero-order valence-electron chi connectivity index (χ0n) is 18.1. The lowest BCUT2D eigenvalue weighted by molar-refractivity contribution is -0.133.